The Morgan fingerprint density at radius 3 is 2.42 bits per heavy atom. The van der Waals surface area contributed by atoms with E-state index in [9.17, 15) is 5.11 Å². The van der Waals surface area contributed by atoms with Crippen LogP contribution in [0, 0.1) is 17.8 Å². The Morgan fingerprint density at radius 2 is 1.72 bits per heavy atom. The molecule has 0 bridgehead atoms. The number of hydrogen-bond donors (Lipinski definition) is 1. The number of aliphatic hydroxyl groups excluding tert-OH is 1. The first-order chi connectivity index (χ1) is 17.5. The monoisotopic (exact) mass is 548 g/mol. The minimum Gasteiger partial charge on any atom is -0.393 e. The molecule has 198 valence electrons. The molecule has 3 heterocycles. The average molecular weight is 550 g/mol. The quantitative estimate of drug-likeness (QED) is 0.342. The molecular formula is C30H42Cl2N2OS. The topological polar surface area (TPSA) is 26.7 Å². The summed E-state index contributed by atoms with van der Waals surface area (Å²) in [5.41, 5.74) is 2.66. The van der Waals surface area contributed by atoms with E-state index in [1.54, 1.807) is 0 Å². The molecule has 1 aromatic heterocycles. The maximum absolute atomic E-state index is 10.9. The fraction of sp³-hybridized carbons (Fsp3) is 0.667. The average Bonchev–Trinajstić information content (AvgIpc) is 3.44. The molecule has 6 heteroatoms. The lowest BCUT2D eigenvalue weighted by atomic mass is 9.83. The van der Waals surface area contributed by atoms with Gasteiger partial charge in [0.25, 0.3) is 0 Å². The van der Waals surface area contributed by atoms with Crippen molar-refractivity contribution in [3.05, 3.63) is 56.2 Å². The maximum atomic E-state index is 10.9. The van der Waals surface area contributed by atoms with E-state index in [0.29, 0.717) is 28.7 Å². The predicted octanol–water partition coefficient (Wildman–Crippen LogP) is 7.70. The van der Waals surface area contributed by atoms with Gasteiger partial charge in [0.05, 0.1) is 6.10 Å². The minimum absolute atomic E-state index is 0.0781. The summed E-state index contributed by atoms with van der Waals surface area (Å²) in [6, 6.07) is 8.21. The fourth-order valence-electron chi connectivity index (χ4n) is 7.00. The van der Waals surface area contributed by atoms with Crippen molar-refractivity contribution >= 4 is 34.5 Å². The van der Waals surface area contributed by atoms with Gasteiger partial charge in [-0.2, -0.15) is 11.3 Å². The minimum atomic E-state index is -0.0781. The summed E-state index contributed by atoms with van der Waals surface area (Å²) in [5.74, 6) is 2.46. The van der Waals surface area contributed by atoms with Crippen LogP contribution in [0.2, 0.25) is 10.0 Å². The van der Waals surface area contributed by atoms with Gasteiger partial charge >= 0.3 is 0 Å². The van der Waals surface area contributed by atoms with Crippen LogP contribution in [0.1, 0.15) is 74.8 Å². The molecule has 0 spiro atoms. The lowest BCUT2D eigenvalue weighted by Crippen LogP contribution is -2.39. The van der Waals surface area contributed by atoms with Gasteiger partial charge in [-0.3, -0.25) is 4.90 Å². The second-order valence-electron chi connectivity index (χ2n) is 11.7. The molecule has 2 saturated heterocycles. The Labute approximate surface area is 231 Å². The zero-order valence-electron chi connectivity index (χ0n) is 21.5. The molecule has 1 aromatic carbocycles. The molecule has 1 N–H and O–H groups in total. The van der Waals surface area contributed by atoms with Crippen LogP contribution in [0.25, 0.3) is 0 Å². The predicted molar refractivity (Wildman–Crippen MR) is 153 cm³/mol. The van der Waals surface area contributed by atoms with Gasteiger partial charge in [-0.1, -0.05) is 55.0 Å². The number of benzene rings is 1. The first-order valence-corrected chi connectivity index (χ1v) is 15.8. The van der Waals surface area contributed by atoms with Crippen LogP contribution < -0.4 is 0 Å². The third-order valence-electron chi connectivity index (χ3n) is 9.12. The first kappa shape index (κ1) is 27.0. The molecule has 2 aliphatic heterocycles. The molecule has 36 heavy (non-hydrogen) atoms. The molecule has 5 rings (SSSR count). The summed E-state index contributed by atoms with van der Waals surface area (Å²) in [6.07, 6.45) is 11.3. The van der Waals surface area contributed by atoms with Gasteiger partial charge < -0.3 is 10.0 Å². The summed E-state index contributed by atoms with van der Waals surface area (Å²) in [5, 5.41) is 17.0. The van der Waals surface area contributed by atoms with Crippen LogP contribution in [0.15, 0.2) is 35.0 Å². The van der Waals surface area contributed by atoms with Crippen molar-refractivity contribution < 1.29 is 5.11 Å². The number of likely N-dealkylation sites (tertiary alicyclic amines) is 2. The molecule has 3 atom stereocenters. The Kier molecular flexibility index (Phi) is 9.70. The normalized spacial score (nSPS) is 26.3. The van der Waals surface area contributed by atoms with E-state index in [-0.39, 0.29) is 6.10 Å². The summed E-state index contributed by atoms with van der Waals surface area (Å²) in [4.78, 5) is 5.29. The van der Waals surface area contributed by atoms with Crippen LogP contribution in [0.3, 0.4) is 0 Å². The van der Waals surface area contributed by atoms with Crippen molar-refractivity contribution in [3.63, 3.8) is 0 Å². The standard InChI is InChI=1S/C30H42Cl2N2OS/c31-27-8-7-24(29(32)16-27)17-34-19-26(28(20-34)25-11-14-36-21-25)18-33-12-9-22(10-13-33)15-30(35)23-5-3-1-2-4-6-23/h7-8,11,14,16,21-23,26,28,30,35H,1-6,9-10,12-13,15,17-20H2/t26-,28+,30?/m0/s1. The van der Waals surface area contributed by atoms with Gasteiger partial charge in [-0.15, -0.1) is 0 Å². The third kappa shape index (κ3) is 7.07. The van der Waals surface area contributed by atoms with Crippen LogP contribution in [-0.4, -0.2) is 53.7 Å². The lowest BCUT2D eigenvalue weighted by Gasteiger charge is -2.36. The zero-order valence-corrected chi connectivity index (χ0v) is 23.8. The van der Waals surface area contributed by atoms with E-state index in [1.165, 1.54) is 82.1 Å². The van der Waals surface area contributed by atoms with Crippen LogP contribution in [0.5, 0.6) is 0 Å². The van der Waals surface area contributed by atoms with Gasteiger partial charge in [0, 0.05) is 42.1 Å². The highest BCUT2D eigenvalue weighted by Crippen LogP contribution is 2.37. The second kappa shape index (κ2) is 13.0. The molecular weight excluding hydrogens is 507 g/mol. The highest BCUT2D eigenvalue weighted by atomic mass is 35.5. The largest absolute Gasteiger partial charge is 0.393 e. The third-order valence-corrected chi connectivity index (χ3v) is 10.4. The number of piperidine rings is 1. The number of halogens is 2. The van der Waals surface area contributed by atoms with Gasteiger partial charge in [0.15, 0.2) is 0 Å². The Bertz CT molecular complexity index is 938. The van der Waals surface area contributed by atoms with E-state index in [2.05, 4.69) is 32.7 Å². The first-order valence-electron chi connectivity index (χ1n) is 14.1. The zero-order chi connectivity index (χ0) is 24.9. The molecule has 2 aromatic rings. The molecule has 3 nitrogen and oxygen atoms in total. The summed E-state index contributed by atoms with van der Waals surface area (Å²) < 4.78 is 0. The van der Waals surface area contributed by atoms with E-state index >= 15 is 0 Å². The van der Waals surface area contributed by atoms with Gasteiger partial charge in [-0.05, 0) is 103 Å². The van der Waals surface area contributed by atoms with Gasteiger partial charge in [0.1, 0.15) is 0 Å². The number of rotatable bonds is 8. The van der Waals surface area contributed by atoms with Crippen molar-refractivity contribution in [3.8, 4) is 0 Å². The van der Waals surface area contributed by atoms with E-state index in [4.69, 9.17) is 23.2 Å². The molecule has 3 fully saturated rings. The van der Waals surface area contributed by atoms with Crippen molar-refractivity contribution in [1.29, 1.82) is 0 Å². The van der Waals surface area contributed by atoms with E-state index < -0.39 is 0 Å². The second-order valence-corrected chi connectivity index (χ2v) is 13.3. The fourth-order valence-corrected chi connectivity index (χ4v) is 8.19. The Hall–Kier alpha value is -0.620. The number of nitrogens with zero attached hydrogens (tertiary/aromatic N) is 2. The van der Waals surface area contributed by atoms with Crippen LogP contribution in [0.4, 0.5) is 0 Å². The summed E-state index contributed by atoms with van der Waals surface area (Å²) >= 11 is 14.4. The van der Waals surface area contributed by atoms with E-state index in [1.807, 2.05) is 23.5 Å². The van der Waals surface area contributed by atoms with Gasteiger partial charge in [0.2, 0.25) is 0 Å². The van der Waals surface area contributed by atoms with E-state index in [0.717, 1.165) is 31.1 Å². The number of aliphatic hydroxyl groups is 1. The van der Waals surface area contributed by atoms with Crippen molar-refractivity contribution in [1.82, 2.24) is 9.80 Å². The smallest absolute Gasteiger partial charge is 0.0571 e. The van der Waals surface area contributed by atoms with Crippen molar-refractivity contribution in [2.75, 3.05) is 32.7 Å². The molecule has 1 saturated carbocycles. The van der Waals surface area contributed by atoms with Crippen molar-refractivity contribution in [2.45, 2.75) is 76.4 Å². The summed E-state index contributed by atoms with van der Waals surface area (Å²) in [7, 11) is 0. The van der Waals surface area contributed by atoms with Crippen LogP contribution in [-0.2, 0) is 6.54 Å². The highest BCUT2D eigenvalue weighted by molar-refractivity contribution is 7.08. The van der Waals surface area contributed by atoms with Gasteiger partial charge in [-0.25, -0.2) is 0 Å². The van der Waals surface area contributed by atoms with Crippen LogP contribution >= 0.6 is 34.5 Å². The SMILES string of the molecule is OC(CC1CCN(C[C@H]2CN(Cc3ccc(Cl)cc3Cl)C[C@@H]2c2ccsc2)CC1)C1CCCCCC1. The highest BCUT2D eigenvalue weighted by Gasteiger charge is 2.36. The summed E-state index contributed by atoms with van der Waals surface area (Å²) in [6.45, 7) is 6.61. The molecule has 0 amide bonds. The molecule has 0 radical (unpaired) electrons. The Morgan fingerprint density at radius 1 is 0.944 bits per heavy atom. The molecule has 1 unspecified atom stereocenters. The lowest BCUT2D eigenvalue weighted by molar-refractivity contribution is 0.0554. The molecule has 1 aliphatic carbocycles. The Balaban J connectivity index is 1.14. The number of thiophene rings is 1. The molecule has 3 aliphatic rings. The number of hydrogen-bond acceptors (Lipinski definition) is 4. The van der Waals surface area contributed by atoms with Crippen molar-refractivity contribution in [2.24, 2.45) is 17.8 Å². The maximum Gasteiger partial charge on any atom is 0.0571 e.